The maximum Gasteiger partial charge on any atom is 0.273 e. The Morgan fingerprint density at radius 2 is 1.93 bits per heavy atom. The number of nitrogens with one attached hydrogen (secondary N) is 1. The average molecular weight is 403 g/mol. The average Bonchev–Trinajstić information content (AvgIpc) is 2.68. The van der Waals surface area contributed by atoms with E-state index in [1.165, 1.54) is 12.1 Å². The van der Waals surface area contributed by atoms with Gasteiger partial charge in [-0.1, -0.05) is 24.6 Å². The maximum absolute atomic E-state index is 12.9. The van der Waals surface area contributed by atoms with Gasteiger partial charge in [0, 0.05) is 48.4 Å². The molecule has 0 atom stereocenters. The van der Waals surface area contributed by atoms with Crippen molar-refractivity contribution in [3.05, 3.63) is 62.7 Å². The molecule has 0 saturated carbocycles. The molecule has 0 radical (unpaired) electrons. The standard InChI is InChI=1S/C20H23ClN4O3/c1-3-23-9-11-24(12-10-23)19-8-7-15(21)13-17(19)22-20(26)16-5-4-6-18(14(16)2)25(27)28/h4-8,13H,3,9-12H2,1-2H3,(H,22,26). The summed E-state index contributed by atoms with van der Waals surface area (Å²) in [6.45, 7) is 8.36. The van der Waals surface area contributed by atoms with Gasteiger partial charge in [-0.25, -0.2) is 0 Å². The molecular weight excluding hydrogens is 380 g/mol. The van der Waals surface area contributed by atoms with Gasteiger partial charge in [-0.05, 0) is 37.7 Å². The molecule has 3 rings (SSSR count). The highest BCUT2D eigenvalue weighted by Gasteiger charge is 2.22. The number of hydrogen-bond donors (Lipinski definition) is 1. The maximum atomic E-state index is 12.9. The van der Waals surface area contributed by atoms with Crippen molar-refractivity contribution in [2.45, 2.75) is 13.8 Å². The van der Waals surface area contributed by atoms with Crippen LogP contribution in [0.15, 0.2) is 36.4 Å². The number of anilines is 2. The van der Waals surface area contributed by atoms with Crippen molar-refractivity contribution in [2.75, 3.05) is 42.9 Å². The van der Waals surface area contributed by atoms with Crippen molar-refractivity contribution in [3.63, 3.8) is 0 Å². The normalized spacial score (nSPS) is 14.8. The summed E-state index contributed by atoms with van der Waals surface area (Å²) < 4.78 is 0. The van der Waals surface area contributed by atoms with Crippen molar-refractivity contribution in [2.24, 2.45) is 0 Å². The summed E-state index contributed by atoms with van der Waals surface area (Å²) in [7, 11) is 0. The van der Waals surface area contributed by atoms with Crippen molar-refractivity contribution in [1.29, 1.82) is 0 Å². The van der Waals surface area contributed by atoms with Crippen molar-refractivity contribution in [3.8, 4) is 0 Å². The second-order valence-electron chi connectivity index (χ2n) is 6.74. The number of rotatable bonds is 5. The van der Waals surface area contributed by atoms with Crippen LogP contribution in [-0.4, -0.2) is 48.5 Å². The third kappa shape index (κ3) is 4.26. The lowest BCUT2D eigenvalue weighted by Gasteiger charge is -2.36. The smallest absolute Gasteiger partial charge is 0.273 e. The largest absolute Gasteiger partial charge is 0.367 e. The van der Waals surface area contributed by atoms with Crippen molar-refractivity contribution < 1.29 is 9.72 Å². The molecule has 0 spiro atoms. The Labute approximate surface area is 169 Å². The highest BCUT2D eigenvalue weighted by Crippen LogP contribution is 2.31. The van der Waals surface area contributed by atoms with Crippen LogP contribution in [0.25, 0.3) is 0 Å². The zero-order chi connectivity index (χ0) is 20.3. The van der Waals surface area contributed by atoms with Gasteiger partial charge in [0.25, 0.3) is 11.6 Å². The van der Waals surface area contributed by atoms with Gasteiger partial charge < -0.3 is 15.1 Å². The number of nitro benzene ring substituents is 1. The monoisotopic (exact) mass is 402 g/mol. The van der Waals surface area contributed by atoms with Gasteiger partial charge in [-0.2, -0.15) is 0 Å². The Morgan fingerprint density at radius 1 is 1.21 bits per heavy atom. The first-order valence-electron chi connectivity index (χ1n) is 9.23. The SMILES string of the molecule is CCN1CCN(c2ccc(Cl)cc2NC(=O)c2cccc([N+](=O)[O-])c2C)CC1. The fraction of sp³-hybridized carbons (Fsp3) is 0.350. The topological polar surface area (TPSA) is 78.7 Å². The van der Waals surface area contributed by atoms with E-state index in [9.17, 15) is 14.9 Å². The Hall–Kier alpha value is -2.64. The summed E-state index contributed by atoms with van der Waals surface area (Å²) in [6, 6.07) is 9.92. The van der Waals surface area contributed by atoms with Gasteiger partial charge >= 0.3 is 0 Å². The van der Waals surface area contributed by atoms with Gasteiger partial charge in [0.05, 0.1) is 16.3 Å². The van der Waals surface area contributed by atoms with Crippen LogP contribution in [0.3, 0.4) is 0 Å². The van der Waals surface area contributed by atoms with Crippen LogP contribution >= 0.6 is 11.6 Å². The molecule has 8 heteroatoms. The molecule has 0 bridgehead atoms. The number of nitro groups is 1. The zero-order valence-corrected chi connectivity index (χ0v) is 16.7. The summed E-state index contributed by atoms with van der Waals surface area (Å²) in [5.41, 5.74) is 2.04. The molecule has 1 saturated heterocycles. The first-order valence-corrected chi connectivity index (χ1v) is 9.60. The van der Waals surface area contributed by atoms with E-state index >= 15 is 0 Å². The number of nitrogens with zero attached hydrogens (tertiary/aromatic N) is 3. The third-order valence-corrected chi connectivity index (χ3v) is 5.35. The van der Waals surface area contributed by atoms with Crippen LogP contribution in [0.5, 0.6) is 0 Å². The summed E-state index contributed by atoms with van der Waals surface area (Å²) in [6.07, 6.45) is 0. The molecular formula is C20H23ClN4O3. The van der Waals surface area contributed by atoms with E-state index < -0.39 is 10.8 Å². The van der Waals surface area contributed by atoms with Crippen LogP contribution in [-0.2, 0) is 0 Å². The van der Waals surface area contributed by atoms with Crippen molar-refractivity contribution in [1.82, 2.24) is 4.90 Å². The zero-order valence-electron chi connectivity index (χ0n) is 15.9. The number of carbonyl (C=O) groups excluding carboxylic acids is 1. The summed E-state index contributed by atoms with van der Waals surface area (Å²) >= 11 is 6.16. The van der Waals surface area contributed by atoms with Crippen LogP contribution < -0.4 is 10.2 Å². The molecule has 1 aliphatic rings. The number of hydrogen-bond acceptors (Lipinski definition) is 5. The number of likely N-dealkylation sites (N-methyl/N-ethyl adjacent to an activating group) is 1. The van der Waals surface area contributed by atoms with E-state index in [-0.39, 0.29) is 11.3 Å². The van der Waals surface area contributed by atoms with Gasteiger partial charge in [-0.3, -0.25) is 14.9 Å². The molecule has 0 aromatic heterocycles. The van der Waals surface area contributed by atoms with Gasteiger partial charge in [0.2, 0.25) is 0 Å². The fourth-order valence-corrected chi connectivity index (χ4v) is 3.62. The highest BCUT2D eigenvalue weighted by atomic mass is 35.5. The molecule has 1 amide bonds. The summed E-state index contributed by atoms with van der Waals surface area (Å²) in [5.74, 6) is -0.392. The summed E-state index contributed by atoms with van der Waals surface area (Å²) in [4.78, 5) is 28.1. The quantitative estimate of drug-likeness (QED) is 0.605. The third-order valence-electron chi connectivity index (χ3n) is 5.11. The van der Waals surface area contributed by atoms with Gasteiger partial charge in [0.1, 0.15) is 0 Å². The molecule has 2 aromatic carbocycles. The predicted molar refractivity (Wildman–Crippen MR) is 112 cm³/mol. The van der Waals surface area contributed by atoms with Crippen LogP contribution in [0, 0.1) is 17.0 Å². The first-order chi connectivity index (χ1) is 13.4. The van der Waals surface area contributed by atoms with E-state index in [2.05, 4.69) is 22.0 Å². The number of amides is 1. The first kappa shape index (κ1) is 20.1. The number of piperazine rings is 1. The van der Waals surface area contributed by atoms with E-state index in [1.807, 2.05) is 6.07 Å². The Morgan fingerprint density at radius 3 is 2.57 bits per heavy atom. The Kier molecular flexibility index (Phi) is 6.16. The highest BCUT2D eigenvalue weighted by molar-refractivity contribution is 6.31. The van der Waals surface area contributed by atoms with Crippen LogP contribution in [0.4, 0.5) is 17.1 Å². The van der Waals surface area contributed by atoms with Crippen LogP contribution in [0.1, 0.15) is 22.8 Å². The molecule has 2 aromatic rings. The number of halogens is 1. The van der Waals surface area contributed by atoms with Gasteiger partial charge in [0.15, 0.2) is 0 Å². The molecule has 1 fully saturated rings. The number of carbonyl (C=O) groups is 1. The van der Waals surface area contributed by atoms with E-state index in [0.717, 1.165) is 38.4 Å². The minimum Gasteiger partial charge on any atom is -0.367 e. The lowest BCUT2D eigenvalue weighted by molar-refractivity contribution is -0.385. The van der Waals surface area contributed by atoms with Crippen molar-refractivity contribution >= 4 is 34.6 Å². The van der Waals surface area contributed by atoms with E-state index in [0.29, 0.717) is 16.3 Å². The Balaban J connectivity index is 1.86. The molecule has 1 N–H and O–H groups in total. The molecule has 1 aliphatic heterocycles. The lowest BCUT2D eigenvalue weighted by atomic mass is 10.1. The molecule has 148 valence electrons. The Bertz CT molecular complexity index is 895. The molecule has 0 aliphatic carbocycles. The van der Waals surface area contributed by atoms with Crippen LogP contribution in [0.2, 0.25) is 5.02 Å². The molecule has 1 heterocycles. The summed E-state index contributed by atoms with van der Waals surface area (Å²) in [5, 5.41) is 14.6. The fourth-order valence-electron chi connectivity index (χ4n) is 3.45. The lowest BCUT2D eigenvalue weighted by Crippen LogP contribution is -2.46. The minimum absolute atomic E-state index is 0.0744. The molecule has 28 heavy (non-hydrogen) atoms. The second-order valence-corrected chi connectivity index (χ2v) is 7.18. The predicted octanol–water partition coefficient (Wildman–Crippen LogP) is 3.95. The second kappa shape index (κ2) is 8.58. The van der Waals surface area contributed by atoms with Gasteiger partial charge in [-0.15, -0.1) is 0 Å². The van der Waals surface area contributed by atoms with E-state index in [4.69, 9.17) is 11.6 Å². The minimum atomic E-state index is -0.482. The van der Waals surface area contributed by atoms with E-state index in [1.54, 1.807) is 25.1 Å². The number of benzene rings is 2. The molecule has 7 nitrogen and oxygen atoms in total. The molecule has 0 unspecified atom stereocenters.